The Hall–Kier alpha value is -3.35. The van der Waals surface area contributed by atoms with Crippen LogP contribution in [0.1, 0.15) is 43.1 Å². The zero-order valence-corrected chi connectivity index (χ0v) is 17.9. The Morgan fingerprint density at radius 1 is 1.06 bits per heavy atom. The fraction of sp³-hybridized carbons (Fsp3) is 0.333. The van der Waals surface area contributed by atoms with Gasteiger partial charge in [0.15, 0.2) is 0 Å². The molecule has 1 heterocycles. The molecule has 0 saturated carbocycles. The van der Waals surface area contributed by atoms with Crippen molar-refractivity contribution in [2.75, 3.05) is 13.2 Å². The number of aliphatic imine (C=N–C) groups is 1. The second-order valence-electron chi connectivity index (χ2n) is 7.27. The van der Waals surface area contributed by atoms with Crippen molar-refractivity contribution in [3.05, 3.63) is 65.9 Å². The Morgan fingerprint density at radius 2 is 1.71 bits per heavy atom. The summed E-state index contributed by atoms with van der Waals surface area (Å²) in [6.45, 7) is 7.29. The smallest absolute Gasteiger partial charge is 0.369 e. The highest BCUT2D eigenvalue weighted by molar-refractivity contribution is 5.92. The number of hydrogen-bond donors (Lipinski definition) is 1. The van der Waals surface area contributed by atoms with E-state index in [0.717, 1.165) is 23.9 Å². The van der Waals surface area contributed by atoms with Gasteiger partial charge in [0, 0.05) is 11.8 Å². The molecule has 1 aliphatic rings. The van der Waals surface area contributed by atoms with Crippen molar-refractivity contribution in [3.63, 3.8) is 0 Å². The Morgan fingerprint density at radius 3 is 2.29 bits per heavy atom. The third kappa shape index (κ3) is 6.07. The lowest BCUT2D eigenvalue weighted by Gasteiger charge is -2.24. The van der Waals surface area contributed by atoms with Gasteiger partial charge in [-0.2, -0.15) is 4.39 Å². The first-order valence-corrected chi connectivity index (χ1v) is 10.3. The molecule has 3 rings (SSSR count). The normalized spacial score (nSPS) is 18.5. The Labute approximate surface area is 181 Å². The maximum absolute atomic E-state index is 14.9. The van der Waals surface area contributed by atoms with Crippen LogP contribution in [-0.2, 0) is 4.74 Å². The summed E-state index contributed by atoms with van der Waals surface area (Å²) >= 11 is 0. The van der Waals surface area contributed by atoms with E-state index in [9.17, 15) is 9.18 Å². The van der Waals surface area contributed by atoms with Gasteiger partial charge in [-0.1, -0.05) is 20.3 Å². The molecule has 2 atom stereocenters. The second kappa shape index (κ2) is 10.1. The topological polar surface area (TPSA) is 69.2 Å². The predicted octanol–water partition coefficient (Wildman–Crippen LogP) is 4.96. The van der Waals surface area contributed by atoms with Crippen LogP contribution < -0.4 is 14.8 Å². The van der Waals surface area contributed by atoms with Crippen LogP contribution >= 0.6 is 0 Å². The quantitative estimate of drug-likeness (QED) is 0.453. The maximum Gasteiger partial charge on any atom is 0.369 e. The van der Waals surface area contributed by atoms with Crippen molar-refractivity contribution in [1.29, 1.82) is 0 Å². The minimum Gasteiger partial charge on any atom is -0.494 e. The van der Waals surface area contributed by atoms with Crippen molar-refractivity contribution in [2.24, 2.45) is 10.9 Å². The average molecular weight is 426 g/mol. The summed E-state index contributed by atoms with van der Waals surface area (Å²) in [6, 6.07) is 13.7. The first-order chi connectivity index (χ1) is 14.9. The molecule has 0 fully saturated rings. The first-order valence-electron chi connectivity index (χ1n) is 10.3. The molecule has 0 bridgehead atoms. The Bertz CT molecular complexity index is 941. The number of carbonyl (C=O) groups is 1. The molecule has 2 aromatic rings. The van der Waals surface area contributed by atoms with Crippen molar-refractivity contribution in [2.45, 2.75) is 33.2 Å². The summed E-state index contributed by atoms with van der Waals surface area (Å²) < 4.78 is 30.9. The highest BCUT2D eigenvalue weighted by Gasteiger charge is 2.34. The summed E-state index contributed by atoms with van der Waals surface area (Å²) in [5, 5.41) is 2.46. The van der Waals surface area contributed by atoms with Crippen LogP contribution in [0.5, 0.6) is 11.5 Å². The van der Waals surface area contributed by atoms with E-state index in [2.05, 4.69) is 24.2 Å². The number of alkyl halides is 1. The van der Waals surface area contributed by atoms with Crippen LogP contribution in [0.4, 0.5) is 4.39 Å². The number of hydrogen-bond acceptors (Lipinski definition) is 6. The number of esters is 1. The molecule has 31 heavy (non-hydrogen) atoms. The molecule has 7 heteroatoms. The monoisotopic (exact) mass is 426 g/mol. The maximum atomic E-state index is 14.9. The zero-order chi connectivity index (χ0) is 22.3. The van der Waals surface area contributed by atoms with E-state index >= 15 is 0 Å². The number of halogens is 1. The van der Waals surface area contributed by atoms with Crippen LogP contribution in [-0.4, -0.2) is 31.4 Å². The van der Waals surface area contributed by atoms with Gasteiger partial charge in [0.1, 0.15) is 17.7 Å². The van der Waals surface area contributed by atoms with Crippen LogP contribution in [0.15, 0.2) is 59.7 Å². The van der Waals surface area contributed by atoms with E-state index in [0.29, 0.717) is 30.6 Å². The molecular formula is C24H27FN2O4. The van der Waals surface area contributed by atoms with Crippen LogP contribution in [0.25, 0.3) is 5.70 Å². The first kappa shape index (κ1) is 22.3. The van der Waals surface area contributed by atoms with Crippen molar-refractivity contribution >= 4 is 17.9 Å². The fourth-order valence-electron chi connectivity index (χ4n) is 2.73. The summed E-state index contributed by atoms with van der Waals surface area (Å²) in [5.74, 6) is -1.48. The van der Waals surface area contributed by atoms with Gasteiger partial charge in [0.25, 0.3) is 0 Å². The van der Waals surface area contributed by atoms with Crippen molar-refractivity contribution < 1.29 is 23.4 Å². The number of carbonyl (C=O) groups excluding carboxylic acids is 1. The third-order valence-electron chi connectivity index (χ3n) is 4.80. The molecule has 0 aliphatic carbocycles. The highest BCUT2D eigenvalue weighted by atomic mass is 19.2. The lowest BCUT2D eigenvalue weighted by Crippen LogP contribution is -2.45. The molecule has 2 aromatic carbocycles. The molecule has 0 saturated heterocycles. The van der Waals surface area contributed by atoms with Crippen LogP contribution in [0, 0.1) is 5.92 Å². The minimum absolute atomic E-state index is 0.207. The molecule has 2 unspecified atom stereocenters. The molecule has 6 nitrogen and oxygen atoms in total. The average Bonchev–Trinajstić information content (AvgIpc) is 2.79. The second-order valence-corrected chi connectivity index (χ2v) is 7.27. The largest absolute Gasteiger partial charge is 0.494 e. The number of rotatable bonds is 9. The lowest BCUT2D eigenvalue weighted by atomic mass is 10.1. The number of ether oxygens (including phenoxy) is 3. The van der Waals surface area contributed by atoms with E-state index in [1.807, 2.05) is 31.2 Å². The third-order valence-corrected chi connectivity index (χ3v) is 4.80. The van der Waals surface area contributed by atoms with Gasteiger partial charge >= 0.3 is 11.9 Å². The van der Waals surface area contributed by atoms with Gasteiger partial charge < -0.3 is 19.5 Å². The van der Waals surface area contributed by atoms with E-state index in [-0.39, 0.29) is 5.56 Å². The molecule has 0 amide bonds. The summed E-state index contributed by atoms with van der Waals surface area (Å²) in [4.78, 5) is 16.4. The Balaban J connectivity index is 1.58. The van der Waals surface area contributed by atoms with E-state index in [4.69, 9.17) is 14.2 Å². The van der Waals surface area contributed by atoms with Crippen molar-refractivity contribution in [3.8, 4) is 11.5 Å². The lowest BCUT2D eigenvalue weighted by molar-refractivity contribution is -0.0638. The van der Waals surface area contributed by atoms with E-state index in [1.54, 1.807) is 12.1 Å². The van der Waals surface area contributed by atoms with Gasteiger partial charge in [-0.3, -0.25) is 0 Å². The standard InChI is InChI=1S/C24H27FN2O4/c1-4-17(3)15-30-21-10-6-18(7-11-21)22-14-27-24(25,16-26-22)31-23(28)19-8-12-20(13-9-19)29-5-2/h6-14,16-17,27H,4-5,15H2,1-3H3. The van der Waals surface area contributed by atoms with Crippen LogP contribution in [0.3, 0.4) is 0 Å². The molecule has 0 radical (unpaired) electrons. The molecular weight excluding hydrogens is 399 g/mol. The van der Waals surface area contributed by atoms with Crippen LogP contribution in [0.2, 0.25) is 0 Å². The Kier molecular flexibility index (Phi) is 7.28. The molecule has 164 valence electrons. The summed E-state index contributed by atoms with van der Waals surface area (Å²) in [7, 11) is 0. The molecule has 0 spiro atoms. The van der Waals surface area contributed by atoms with Gasteiger partial charge in [0.05, 0.1) is 24.5 Å². The zero-order valence-electron chi connectivity index (χ0n) is 17.9. The molecule has 0 aromatic heterocycles. The fourth-order valence-corrected chi connectivity index (χ4v) is 2.73. The number of nitrogens with zero attached hydrogens (tertiary/aromatic N) is 1. The summed E-state index contributed by atoms with van der Waals surface area (Å²) in [5.41, 5.74) is 1.50. The summed E-state index contributed by atoms with van der Waals surface area (Å²) in [6.07, 6.45) is 3.36. The van der Waals surface area contributed by atoms with Gasteiger partial charge in [-0.15, -0.1) is 0 Å². The van der Waals surface area contributed by atoms with Gasteiger partial charge in [-0.25, -0.2) is 9.79 Å². The highest BCUT2D eigenvalue weighted by Crippen LogP contribution is 2.24. The van der Waals surface area contributed by atoms with Gasteiger partial charge in [0.2, 0.25) is 0 Å². The number of nitrogens with one attached hydrogen (secondary N) is 1. The van der Waals surface area contributed by atoms with Crippen molar-refractivity contribution in [1.82, 2.24) is 5.32 Å². The molecule has 1 aliphatic heterocycles. The minimum atomic E-state index is -2.53. The van der Waals surface area contributed by atoms with E-state index < -0.39 is 11.9 Å². The molecule has 1 N–H and O–H groups in total. The van der Waals surface area contributed by atoms with E-state index in [1.165, 1.54) is 18.3 Å². The predicted molar refractivity (Wildman–Crippen MR) is 118 cm³/mol. The SMILES string of the molecule is CCOc1ccc(C(=O)OC2(F)C=NC(c3ccc(OCC(C)CC)cc3)=CN2)cc1. The number of benzene rings is 2. The van der Waals surface area contributed by atoms with Gasteiger partial charge in [-0.05, 0) is 61.4 Å².